The zero-order valence-corrected chi connectivity index (χ0v) is 8.20. The molecule has 0 aromatic heterocycles. The van der Waals surface area contributed by atoms with E-state index in [0.29, 0.717) is 12.0 Å². The summed E-state index contributed by atoms with van der Waals surface area (Å²) in [5.74, 6) is 0.530. The molecule has 0 saturated heterocycles. The molecular weight excluding hydrogens is 174 g/mol. The van der Waals surface area contributed by atoms with Crippen LogP contribution >= 0.6 is 0 Å². The zero-order valence-electron chi connectivity index (χ0n) is 8.20. The predicted octanol–water partition coefficient (Wildman–Crippen LogP) is 2.97. The molecule has 2 nitrogen and oxygen atoms in total. The number of aromatic hydroxyl groups is 1. The highest BCUT2D eigenvalue weighted by Gasteiger charge is 2.06. The van der Waals surface area contributed by atoms with E-state index in [1.807, 2.05) is 25.1 Å². The van der Waals surface area contributed by atoms with E-state index in [1.54, 1.807) is 12.1 Å². The van der Waals surface area contributed by atoms with Crippen LogP contribution in [-0.4, -0.2) is 5.11 Å². The molecular formula is C12H13NO. The molecule has 1 atom stereocenters. The molecule has 1 unspecified atom stereocenters. The Labute approximate surface area is 84.1 Å². The average molecular weight is 187 g/mol. The minimum atomic E-state index is 0.264. The third-order valence-corrected chi connectivity index (χ3v) is 2.17. The SMILES string of the molecule is C=C(C#N)CC(C)c1ccc(O)cc1. The van der Waals surface area contributed by atoms with Gasteiger partial charge in [-0.15, -0.1) is 0 Å². The lowest BCUT2D eigenvalue weighted by atomic mass is 9.95. The Morgan fingerprint density at radius 1 is 1.50 bits per heavy atom. The van der Waals surface area contributed by atoms with E-state index in [2.05, 4.69) is 6.58 Å². The molecule has 0 fully saturated rings. The average Bonchev–Trinajstić information content (AvgIpc) is 2.18. The number of rotatable bonds is 3. The second-order valence-electron chi connectivity index (χ2n) is 3.41. The third-order valence-electron chi connectivity index (χ3n) is 2.17. The van der Waals surface area contributed by atoms with Gasteiger partial charge >= 0.3 is 0 Å². The topological polar surface area (TPSA) is 44.0 Å². The minimum Gasteiger partial charge on any atom is -0.508 e. The highest BCUT2D eigenvalue weighted by atomic mass is 16.3. The first kappa shape index (κ1) is 10.3. The lowest BCUT2D eigenvalue weighted by molar-refractivity contribution is 0.475. The van der Waals surface area contributed by atoms with Crippen LogP contribution in [0.25, 0.3) is 0 Å². The van der Waals surface area contributed by atoms with Crippen LogP contribution in [0.1, 0.15) is 24.8 Å². The summed E-state index contributed by atoms with van der Waals surface area (Å²) in [6, 6.07) is 9.07. The van der Waals surface area contributed by atoms with Crippen LogP contribution in [-0.2, 0) is 0 Å². The van der Waals surface area contributed by atoms with Crippen molar-refractivity contribution in [2.24, 2.45) is 0 Å². The first-order chi connectivity index (χ1) is 6.63. The highest BCUT2D eigenvalue weighted by molar-refractivity contribution is 5.30. The van der Waals surface area contributed by atoms with Crippen molar-refractivity contribution in [1.29, 1.82) is 5.26 Å². The summed E-state index contributed by atoms with van der Waals surface area (Å²) >= 11 is 0. The van der Waals surface area contributed by atoms with Crippen LogP contribution < -0.4 is 0 Å². The van der Waals surface area contributed by atoms with Crippen molar-refractivity contribution in [1.82, 2.24) is 0 Å². The van der Waals surface area contributed by atoms with Crippen molar-refractivity contribution in [2.45, 2.75) is 19.3 Å². The summed E-state index contributed by atoms with van der Waals surface area (Å²) in [6.07, 6.45) is 0.668. The quantitative estimate of drug-likeness (QED) is 0.739. The Hall–Kier alpha value is -1.75. The van der Waals surface area contributed by atoms with Crippen molar-refractivity contribution in [2.75, 3.05) is 0 Å². The van der Waals surface area contributed by atoms with E-state index < -0.39 is 0 Å². The van der Waals surface area contributed by atoms with E-state index >= 15 is 0 Å². The van der Waals surface area contributed by atoms with Gasteiger partial charge in [-0.1, -0.05) is 25.6 Å². The van der Waals surface area contributed by atoms with Crippen LogP contribution in [0, 0.1) is 11.3 Å². The smallest absolute Gasteiger partial charge is 0.115 e. The number of hydrogen-bond acceptors (Lipinski definition) is 2. The molecule has 0 aliphatic heterocycles. The summed E-state index contributed by atoms with van der Waals surface area (Å²) in [4.78, 5) is 0. The first-order valence-corrected chi connectivity index (χ1v) is 4.50. The van der Waals surface area contributed by atoms with Gasteiger partial charge in [-0.3, -0.25) is 0 Å². The van der Waals surface area contributed by atoms with Gasteiger partial charge in [0, 0.05) is 5.57 Å². The maximum Gasteiger partial charge on any atom is 0.115 e. The maximum absolute atomic E-state index is 9.10. The van der Waals surface area contributed by atoms with Gasteiger partial charge in [-0.05, 0) is 30.0 Å². The van der Waals surface area contributed by atoms with Gasteiger partial charge in [0.15, 0.2) is 0 Å². The first-order valence-electron chi connectivity index (χ1n) is 4.50. The normalized spacial score (nSPS) is 11.7. The van der Waals surface area contributed by atoms with Gasteiger partial charge in [-0.2, -0.15) is 5.26 Å². The third kappa shape index (κ3) is 2.63. The molecule has 1 N–H and O–H groups in total. The molecule has 1 aromatic carbocycles. The molecule has 72 valence electrons. The van der Waals surface area contributed by atoms with Gasteiger partial charge in [-0.25, -0.2) is 0 Å². The molecule has 0 saturated carbocycles. The summed E-state index contributed by atoms with van der Waals surface area (Å²) in [5.41, 5.74) is 1.70. The summed E-state index contributed by atoms with van der Waals surface area (Å²) < 4.78 is 0. The summed E-state index contributed by atoms with van der Waals surface area (Å²) in [5, 5.41) is 17.7. The van der Waals surface area contributed by atoms with Crippen LogP contribution in [0.5, 0.6) is 5.75 Å². The predicted molar refractivity (Wildman–Crippen MR) is 55.9 cm³/mol. The minimum absolute atomic E-state index is 0.264. The van der Waals surface area contributed by atoms with Gasteiger partial charge < -0.3 is 5.11 Å². The summed E-state index contributed by atoms with van der Waals surface area (Å²) in [6.45, 7) is 5.68. The molecule has 0 amide bonds. The number of nitrogens with zero attached hydrogens (tertiary/aromatic N) is 1. The zero-order chi connectivity index (χ0) is 10.6. The van der Waals surface area contributed by atoms with Crippen molar-refractivity contribution in [3.8, 4) is 11.8 Å². The number of phenols is 1. The van der Waals surface area contributed by atoms with Crippen LogP contribution in [0.15, 0.2) is 36.4 Å². The van der Waals surface area contributed by atoms with Gasteiger partial charge in [0.25, 0.3) is 0 Å². The molecule has 0 radical (unpaired) electrons. The molecule has 0 bridgehead atoms. The number of phenolic OH excluding ortho intramolecular Hbond substituents is 1. The van der Waals surface area contributed by atoms with Gasteiger partial charge in [0.2, 0.25) is 0 Å². The number of benzene rings is 1. The molecule has 14 heavy (non-hydrogen) atoms. The van der Waals surface area contributed by atoms with Gasteiger partial charge in [0.05, 0.1) is 6.07 Å². The van der Waals surface area contributed by atoms with E-state index in [-0.39, 0.29) is 11.7 Å². The van der Waals surface area contributed by atoms with E-state index in [1.165, 1.54) is 0 Å². The number of nitriles is 1. The Morgan fingerprint density at radius 2 is 2.07 bits per heavy atom. The standard InChI is InChI=1S/C12H13NO/c1-9(8-13)7-10(2)11-3-5-12(14)6-4-11/h3-6,10,14H,1,7H2,2H3. The Bertz CT molecular complexity index is 359. The van der Waals surface area contributed by atoms with E-state index in [4.69, 9.17) is 10.4 Å². The number of allylic oxidation sites excluding steroid dienone is 1. The Morgan fingerprint density at radius 3 is 2.57 bits per heavy atom. The second-order valence-corrected chi connectivity index (χ2v) is 3.41. The van der Waals surface area contributed by atoms with Crippen LogP contribution in [0.4, 0.5) is 0 Å². The number of hydrogen-bond donors (Lipinski definition) is 1. The Balaban J connectivity index is 2.71. The molecule has 1 aromatic rings. The lowest BCUT2D eigenvalue weighted by Crippen LogP contribution is -1.93. The van der Waals surface area contributed by atoms with Crippen molar-refractivity contribution in [3.05, 3.63) is 42.0 Å². The molecule has 0 heterocycles. The Kier molecular flexibility index (Phi) is 3.30. The molecule has 2 heteroatoms. The van der Waals surface area contributed by atoms with Crippen LogP contribution in [0.2, 0.25) is 0 Å². The van der Waals surface area contributed by atoms with E-state index in [0.717, 1.165) is 5.56 Å². The van der Waals surface area contributed by atoms with E-state index in [9.17, 15) is 0 Å². The summed E-state index contributed by atoms with van der Waals surface area (Å²) in [7, 11) is 0. The fourth-order valence-corrected chi connectivity index (χ4v) is 1.34. The van der Waals surface area contributed by atoms with Crippen molar-refractivity contribution >= 4 is 0 Å². The molecule has 0 aliphatic rings. The lowest BCUT2D eigenvalue weighted by Gasteiger charge is -2.10. The fraction of sp³-hybridized carbons (Fsp3) is 0.250. The van der Waals surface area contributed by atoms with Crippen molar-refractivity contribution in [3.63, 3.8) is 0 Å². The maximum atomic E-state index is 9.10. The van der Waals surface area contributed by atoms with Crippen LogP contribution in [0.3, 0.4) is 0 Å². The molecule has 0 spiro atoms. The monoisotopic (exact) mass is 187 g/mol. The van der Waals surface area contributed by atoms with Gasteiger partial charge in [0.1, 0.15) is 5.75 Å². The molecule has 1 rings (SSSR count). The highest BCUT2D eigenvalue weighted by Crippen LogP contribution is 2.23. The largest absolute Gasteiger partial charge is 0.508 e. The van der Waals surface area contributed by atoms with Crippen molar-refractivity contribution < 1.29 is 5.11 Å². The fourth-order valence-electron chi connectivity index (χ4n) is 1.34. The second kappa shape index (κ2) is 4.48. The molecule has 0 aliphatic carbocycles.